The number of nitrogens with zero attached hydrogens (tertiary/aromatic N) is 3. The number of hydrogen-bond acceptors (Lipinski definition) is 6. The number of likely N-dealkylation sites (N-methyl/N-ethyl adjacent to an activating group) is 1. The summed E-state index contributed by atoms with van der Waals surface area (Å²) in [6, 6.07) is 1.55. The van der Waals surface area contributed by atoms with Gasteiger partial charge in [-0.15, -0.1) is 0 Å². The van der Waals surface area contributed by atoms with Crippen LogP contribution >= 0.6 is 0 Å². The maximum atomic E-state index is 13.6. The van der Waals surface area contributed by atoms with Gasteiger partial charge >= 0.3 is 0 Å². The molecule has 8 heteroatoms. The van der Waals surface area contributed by atoms with Gasteiger partial charge < -0.3 is 24.4 Å². The highest BCUT2D eigenvalue weighted by atomic mass is 16.5. The van der Waals surface area contributed by atoms with E-state index in [9.17, 15) is 14.7 Å². The summed E-state index contributed by atoms with van der Waals surface area (Å²) in [6.07, 6.45) is 9.51. The lowest BCUT2D eigenvalue weighted by atomic mass is 9.93. The fourth-order valence-electron chi connectivity index (χ4n) is 5.21. The Morgan fingerprint density at radius 2 is 2.09 bits per heavy atom. The molecule has 192 valence electrons. The average molecular weight is 486 g/mol. The normalized spacial score (nSPS) is 24.5. The molecule has 3 atom stereocenters. The average Bonchev–Trinajstić information content (AvgIpc) is 2.90. The van der Waals surface area contributed by atoms with Gasteiger partial charge in [0.25, 0.3) is 5.91 Å². The summed E-state index contributed by atoms with van der Waals surface area (Å²) in [6.45, 7) is 5.81. The van der Waals surface area contributed by atoms with Gasteiger partial charge in [0, 0.05) is 44.8 Å². The molecule has 1 N–H and O–H groups in total. The van der Waals surface area contributed by atoms with Gasteiger partial charge in [-0.25, -0.2) is 4.98 Å². The lowest BCUT2D eigenvalue weighted by Gasteiger charge is -2.38. The van der Waals surface area contributed by atoms with Crippen LogP contribution in [0.1, 0.15) is 68.3 Å². The molecular weight excluding hydrogens is 446 g/mol. The van der Waals surface area contributed by atoms with Crippen LogP contribution in [0.2, 0.25) is 0 Å². The summed E-state index contributed by atoms with van der Waals surface area (Å²) in [5.41, 5.74) is 2.59. The number of rotatable bonds is 6. The second kappa shape index (κ2) is 11.5. The van der Waals surface area contributed by atoms with E-state index >= 15 is 0 Å². The van der Waals surface area contributed by atoms with Gasteiger partial charge in [0.1, 0.15) is 11.7 Å². The molecule has 0 bridgehead atoms. The van der Waals surface area contributed by atoms with E-state index in [0.717, 1.165) is 37.7 Å². The van der Waals surface area contributed by atoms with E-state index in [4.69, 9.17) is 9.47 Å². The number of carbonyl (C=O) groups excluding carboxylic acids is 2. The van der Waals surface area contributed by atoms with E-state index < -0.39 is 0 Å². The predicted molar refractivity (Wildman–Crippen MR) is 133 cm³/mol. The van der Waals surface area contributed by atoms with E-state index in [1.54, 1.807) is 16.0 Å². The number of carbonyl (C=O) groups is 2. The maximum Gasteiger partial charge on any atom is 0.259 e. The third-order valence-electron chi connectivity index (χ3n) is 7.58. The van der Waals surface area contributed by atoms with Crippen molar-refractivity contribution in [2.24, 2.45) is 11.8 Å². The molecule has 0 aromatic carbocycles. The lowest BCUT2D eigenvalue weighted by Crippen LogP contribution is -2.51. The van der Waals surface area contributed by atoms with E-state index in [-0.39, 0.29) is 42.4 Å². The van der Waals surface area contributed by atoms with Gasteiger partial charge in [0.2, 0.25) is 11.8 Å². The Morgan fingerprint density at radius 3 is 2.77 bits per heavy atom. The van der Waals surface area contributed by atoms with Crippen molar-refractivity contribution in [1.82, 2.24) is 14.8 Å². The van der Waals surface area contributed by atoms with E-state index in [0.29, 0.717) is 37.7 Å². The van der Waals surface area contributed by atoms with E-state index in [1.807, 2.05) is 27.0 Å². The number of ether oxygens (including phenoxy) is 2. The van der Waals surface area contributed by atoms with Crippen LogP contribution in [-0.4, -0.2) is 83.8 Å². The number of allylic oxidation sites excluding steroid dienone is 2. The predicted octanol–water partition coefficient (Wildman–Crippen LogP) is 3.14. The monoisotopic (exact) mass is 485 g/mol. The number of amides is 2. The molecule has 2 aliphatic heterocycles. The van der Waals surface area contributed by atoms with Gasteiger partial charge in [-0.1, -0.05) is 13.0 Å². The molecule has 2 amide bonds. The first kappa shape index (κ1) is 25.6. The Hall–Kier alpha value is -2.45. The van der Waals surface area contributed by atoms with Crippen molar-refractivity contribution < 1.29 is 24.2 Å². The molecule has 8 nitrogen and oxygen atoms in total. The summed E-state index contributed by atoms with van der Waals surface area (Å²) < 4.78 is 11.8. The molecule has 0 radical (unpaired) electrons. The minimum absolute atomic E-state index is 0.0261. The van der Waals surface area contributed by atoms with Crippen LogP contribution in [0.15, 0.2) is 18.3 Å². The van der Waals surface area contributed by atoms with Gasteiger partial charge in [0.15, 0.2) is 0 Å². The number of hydrogen-bond donors (Lipinski definition) is 1. The van der Waals surface area contributed by atoms with Crippen LogP contribution in [-0.2, 0) is 9.53 Å². The zero-order chi connectivity index (χ0) is 24.9. The second-order valence-corrected chi connectivity index (χ2v) is 10.3. The van der Waals surface area contributed by atoms with Crippen molar-refractivity contribution in [3.05, 3.63) is 29.5 Å². The molecule has 0 unspecified atom stereocenters. The highest BCUT2D eigenvalue weighted by Crippen LogP contribution is 2.32. The Kier molecular flexibility index (Phi) is 8.44. The number of pyridine rings is 1. The van der Waals surface area contributed by atoms with Crippen LogP contribution in [0.3, 0.4) is 0 Å². The highest BCUT2D eigenvalue weighted by molar-refractivity contribution is 5.97. The first-order chi connectivity index (χ1) is 16.9. The molecule has 1 aromatic heterocycles. The standard InChI is InChI=1S/C27H39N3O5/c1-18-15-30(19(2)17-31)27(33)23-13-22(20-7-5-4-6-8-20)14-28-25(23)35-24(18)16-29(3)26(32)21-9-11-34-12-10-21/h7,13-14,18-19,21,24,31H,4-6,8-12,15-17H2,1-3H3/t18-,19+,24+/m1/s1. The van der Waals surface area contributed by atoms with Crippen molar-refractivity contribution in [2.45, 2.75) is 64.5 Å². The highest BCUT2D eigenvalue weighted by Gasteiger charge is 2.35. The molecule has 4 rings (SSSR count). The minimum Gasteiger partial charge on any atom is -0.472 e. The molecule has 0 spiro atoms. The zero-order valence-corrected chi connectivity index (χ0v) is 21.2. The molecule has 1 aliphatic carbocycles. The minimum atomic E-state index is -0.337. The maximum absolute atomic E-state index is 13.6. The summed E-state index contributed by atoms with van der Waals surface area (Å²) in [7, 11) is 1.82. The number of aliphatic hydroxyl groups excluding tert-OH is 1. The molecule has 1 fully saturated rings. The van der Waals surface area contributed by atoms with Crippen LogP contribution in [0, 0.1) is 11.8 Å². The second-order valence-electron chi connectivity index (χ2n) is 10.3. The Morgan fingerprint density at radius 1 is 1.31 bits per heavy atom. The smallest absolute Gasteiger partial charge is 0.259 e. The third-order valence-corrected chi connectivity index (χ3v) is 7.58. The number of fused-ring (bicyclic) bond motifs is 1. The van der Waals surface area contributed by atoms with Gasteiger partial charge in [-0.3, -0.25) is 9.59 Å². The molecule has 3 aliphatic rings. The van der Waals surface area contributed by atoms with Crippen LogP contribution in [0.4, 0.5) is 0 Å². The van der Waals surface area contributed by atoms with Crippen molar-refractivity contribution in [1.29, 1.82) is 0 Å². The van der Waals surface area contributed by atoms with Crippen molar-refractivity contribution in [3.63, 3.8) is 0 Å². The zero-order valence-electron chi connectivity index (χ0n) is 21.2. The Bertz CT molecular complexity index is 943. The van der Waals surface area contributed by atoms with E-state index in [2.05, 4.69) is 11.1 Å². The van der Waals surface area contributed by atoms with E-state index in [1.165, 1.54) is 12.0 Å². The molecule has 1 saturated heterocycles. The van der Waals surface area contributed by atoms with Crippen LogP contribution in [0.5, 0.6) is 5.88 Å². The molecule has 0 saturated carbocycles. The van der Waals surface area contributed by atoms with Gasteiger partial charge in [-0.2, -0.15) is 0 Å². The number of aromatic nitrogens is 1. The van der Waals surface area contributed by atoms with Gasteiger partial charge in [-0.05, 0) is 62.7 Å². The summed E-state index contributed by atoms with van der Waals surface area (Å²) in [5.74, 6) is 0.143. The fraction of sp³-hybridized carbons (Fsp3) is 0.667. The van der Waals surface area contributed by atoms with Crippen LogP contribution in [0.25, 0.3) is 5.57 Å². The first-order valence-electron chi connectivity index (χ1n) is 13.0. The Balaban J connectivity index is 1.62. The molecule has 1 aromatic rings. The molecule has 3 heterocycles. The summed E-state index contributed by atoms with van der Waals surface area (Å²) >= 11 is 0. The van der Waals surface area contributed by atoms with Crippen molar-refractivity contribution in [2.75, 3.05) is 40.0 Å². The first-order valence-corrected chi connectivity index (χ1v) is 13.0. The third kappa shape index (κ3) is 5.86. The van der Waals surface area contributed by atoms with Crippen molar-refractivity contribution >= 4 is 17.4 Å². The summed E-state index contributed by atoms with van der Waals surface area (Å²) in [4.78, 5) is 34.8. The van der Waals surface area contributed by atoms with Gasteiger partial charge in [0.05, 0.1) is 19.2 Å². The number of aliphatic hydroxyl groups is 1. The molecular formula is C27H39N3O5. The lowest BCUT2D eigenvalue weighted by molar-refractivity contribution is -0.138. The van der Waals surface area contributed by atoms with Crippen LogP contribution < -0.4 is 4.74 Å². The topological polar surface area (TPSA) is 92.2 Å². The Labute approximate surface area is 208 Å². The quantitative estimate of drug-likeness (QED) is 0.666. The van der Waals surface area contributed by atoms with Crippen molar-refractivity contribution in [3.8, 4) is 5.88 Å². The molecule has 35 heavy (non-hydrogen) atoms. The SMILES string of the molecule is C[C@@H]1CN([C@@H](C)CO)C(=O)c2cc(C3=CCCCC3)cnc2O[C@H]1CN(C)C(=O)C1CCOCC1. The fourth-order valence-corrected chi connectivity index (χ4v) is 5.21. The largest absolute Gasteiger partial charge is 0.472 e. The summed E-state index contributed by atoms with van der Waals surface area (Å²) in [5, 5.41) is 9.88.